The highest BCUT2D eigenvalue weighted by molar-refractivity contribution is 7.89. The largest absolute Gasteiger partial charge is 0.478 e. The average molecular weight is 307 g/mol. The molecule has 0 bridgehead atoms. The number of aromatic nitrogens is 2. The van der Waals surface area contributed by atoms with Gasteiger partial charge >= 0.3 is 5.97 Å². The first kappa shape index (κ1) is 13.8. The second kappa shape index (κ2) is 4.68. The maximum Gasteiger partial charge on any atom is 0.335 e. The topological polar surface area (TPSA) is 103 Å². The lowest BCUT2D eigenvalue weighted by Gasteiger charge is -2.13. The van der Waals surface area contributed by atoms with Gasteiger partial charge in [0.25, 0.3) is 10.0 Å². The van der Waals surface area contributed by atoms with Crippen molar-refractivity contribution < 1.29 is 18.3 Å². The summed E-state index contributed by atoms with van der Waals surface area (Å²) < 4.78 is 26.2. The van der Waals surface area contributed by atoms with Gasteiger partial charge in [0.05, 0.1) is 11.8 Å². The SMILES string of the molecule is Cc1ncc(S(=O)(=O)N2Cc3ccc(C(=O)O)cc3C2)[nH]1. The molecule has 21 heavy (non-hydrogen) atoms. The van der Waals surface area contributed by atoms with Gasteiger partial charge in [-0.1, -0.05) is 6.07 Å². The van der Waals surface area contributed by atoms with Crippen molar-refractivity contribution in [1.29, 1.82) is 0 Å². The first-order valence-corrected chi connectivity index (χ1v) is 7.69. The van der Waals surface area contributed by atoms with Crippen molar-refractivity contribution in [1.82, 2.24) is 14.3 Å². The zero-order valence-electron chi connectivity index (χ0n) is 11.2. The number of nitrogens with zero attached hydrogens (tertiary/aromatic N) is 2. The number of carbonyl (C=O) groups is 1. The van der Waals surface area contributed by atoms with E-state index in [0.717, 1.165) is 11.1 Å². The average Bonchev–Trinajstić information content (AvgIpc) is 3.03. The van der Waals surface area contributed by atoms with Crippen LogP contribution in [-0.4, -0.2) is 33.8 Å². The number of hydrogen-bond donors (Lipinski definition) is 2. The predicted molar refractivity (Wildman–Crippen MR) is 73.2 cm³/mol. The number of nitrogens with one attached hydrogen (secondary N) is 1. The molecule has 0 spiro atoms. The van der Waals surface area contributed by atoms with Crippen LogP contribution in [-0.2, 0) is 23.1 Å². The zero-order chi connectivity index (χ0) is 15.2. The summed E-state index contributed by atoms with van der Waals surface area (Å²) in [4.78, 5) is 17.6. The third-order valence-corrected chi connectivity index (χ3v) is 5.15. The fourth-order valence-corrected chi connectivity index (χ4v) is 3.69. The lowest BCUT2D eigenvalue weighted by Crippen LogP contribution is -2.25. The number of carboxylic acid groups (broad SMARTS) is 1. The highest BCUT2D eigenvalue weighted by atomic mass is 32.2. The Balaban J connectivity index is 1.92. The lowest BCUT2D eigenvalue weighted by molar-refractivity contribution is 0.0696. The molecule has 0 radical (unpaired) electrons. The Bertz CT molecular complexity index is 826. The maximum atomic E-state index is 12.5. The minimum atomic E-state index is -3.65. The van der Waals surface area contributed by atoms with Gasteiger partial charge in [-0.15, -0.1) is 0 Å². The Labute approximate surface area is 121 Å². The quantitative estimate of drug-likeness (QED) is 0.884. The highest BCUT2D eigenvalue weighted by Gasteiger charge is 2.32. The van der Waals surface area contributed by atoms with Crippen LogP contribution < -0.4 is 0 Å². The third-order valence-electron chi connectivity index (χ3n) is 3.44. The molecule has 0 aliphatic carbocycles. The van der Waals surface area contributed by atoms with E-state index in [4.69, 9.17) is 5.11 Å². The van der Waals surface area contributed by atoms with E-state index in [2.05, 4.69) is 9.97 Å². The number of rotatable bonds is 3. The van der Waals surface area contributed by atoms with Gasteiger partial charge in [-0.25, -0.2) is 18.2 Å². The number of aryl methyl sites for hydroxylation is 1. The van der Waals surface area contributed by atoms with Crippen molar-refractivity contribution in [2.24, 2.45) is 0 Å². The zero-order valence-corrected chi connectivity index (χ0v) is 12.0. The minimum Gasteiger partial charge on any atom is -0.478 e. The molecule has 3 rings (SSSR count). The fourth-order valence-electron chi connectivity index (χ4n) is 2.33. The van der Waals surface area contributed by atoms with E-state index in [9.17, 15) is 13.2 Å². The van der Waals surface area contributed by atoms with Gasteiger partial charge in [0.2, 0.25) is 0 Å². The molecule has 110 valence electrons. The van der Waals surface area contributed by atoms with Crippen LogP contribution in [0.5, 0.6) is 0 Å². The summed E-state index contributed by atoms with van der Waals surface area (Å²) >= 11 is 0. The molecule has 1 aliphatic rings. The summed E-state index contributed by atoms with van der Waals surface area (Å²) in [6, 6.07) is 4.66. The van der Waals surface area contributed by atoms with Crippen molar-refractivity contribution in [3.63, 3.8) is 0 Å². The number of H-pyrrole nitrogens is 1. The van der Waals surface area contributed by atoms with Crippen LogP contribution in [0, 0.1) is 6.92 Å². The second-order valence-electron chi connectivity index (χ2n) is 4.89. The van der Waals surface area contributed by atoms with Crippen LogP contribution in [0.3, 0.4) is 0 Å². The van der Waals surface area contributed by atoms with Crippen LogP contribution in [0.1, 0.15) is 27.3 Å². The van der Waals surface area contributed by atoms with E-state index in [-0.39, 0.29) is 23.7 Å². The number of benzene rings is 1. The second-order valence-corrected chi connectivity index (χ2v) is 6.80. The molecule has 0 fully saturated rings. The normalized spacial score (nSPS) is 15.1. The number of sulfonamides is 1. The molecule has 0 unspecified atom stereocenters. The molecular weight excluding hydrogens is 294 g/mol. The Hall–Kier alpha value is -2.19. The molecule has 7 nitrogen and oxygen atoms in total. The molecule has 0 saturated carbocycles. The predicted octanol–water partition coefficient (Wildman–Crippen LogP) is 1.12. The summed E-state index contributed by atoms with van der Waals surface area (Å²) in [6.07, 6.45) is 1.29. The van der Waals surface area contributed by atoms with Crippen LogP contribution in [0.15, 0.2) is 29.4 Å². The number of aromatic amines is 1. The summed E-state index contributed by atoms with van der Waals surface area (Å²) in [5.41, 5.74) is 1.69. The molecule has 1 aromatic heterocycles. The van der Waals surface area contributed by atoms with Crippen molar-refractivity contribution in [2.75, 3.05) is 0 Å². The van der Waals surface area contributed by atoms with Crippen LogP contribution in [0.4, 0.5) is 0 Å². The van der Waals surface area contributed by atoms with Gasteiger partial charge in [0.15, 0.2) is 5.03 Å². The number of imidazole rings is 1. The molecule has 2 heterocycles. The number of hydrogen-bond acceptors (Lipinski definition) is 4. The van der Waals surface area contributed by atoms with Gasteiger partial charge < -0.3 is 10.1 Å². The van der Waals surface area contributed by atoms with E-state index in [1.807, 2.05) is 0 Å². The highest BCUT2D eigenvalue weighted by Crippen LogP contribution is 2.28. The Morgan fingerprint density at radius 1 is 1.33 bits per heavy atom. The van der Waals surface area contributed by atoms with E-state index in [1.54, 1.807) is 13.0 Å². The van der Waals surface area contributed by atoms with Crippen LogP contribution in [0.25, 0.3) is 0 Å². The van der Waals surface area contributed by atoms with Gasteiger partial charge in [-0.2, -0.15) is 4.31 Å². The van der Waals surface area contributed by atoms with Gasteiger partial charge in [0, 0.05) is 13.1 Å². The van der Waals surface area contributed by atoms with Crippen LogP contribution in [0.2, 0.25) is 0 Å². The van der Waals surface area contributed by atoms with E-state index >= 15 is 0 Å². The molecule has 2 N–H and O–H groups in total. The molecular formula is C13H13N3O4S. The van der Waals surface area contributed by atoms with Gasteiger partial charge in [0.1, 0.15) is 5.82 Å². The molecule has 2 aromatic rings. The number of aromatic carboxylic acids is 1. The monoisotopic (exact) mass is 307 g/mol. The van der Waals surface area contributed by atoms with E-state index in [1.165, 1.54) is 22.6 Å². The lowest BCUT2D eigenvalue weighted by atomic mass is 10.1. The van der Waals surface area contributed by atoms with Crippen LogP contribution >= 0.6 is 0 Å². The molecule has 0 saturated heterocycles. The maximum absolute atomic E-state index is 12.5. The fraction of sp³-hybridized carbons (Fsp3) is 0.231. The van der Waals surface area contributed by atoms with E-state index in [0.29, 0.717) is 5.82 Å². The molecule has 0 atom stereocenters. The first-order valence-electron chi connectivity index (χ1n) is 6.25. The minimum absolute atomic E-state index is 0.0475. The van der Waals surface area contributed by atoms with Gasteiger partial charge in [-0.05, 0) is 30.2 Å². The summed E-state index contributed by atoms with van der Waals surface area (Å²) in [5, 5.41) is 9.02. The summed E-state index contributed by atoms with van der Waals surface area (Å²) in [6.45, 7) is 2.07. The van der Waals surface area contributed by atoms with Crippen molar-refractivity contribution in [2.45, 2.75) is 25.0 Å². The van der Waals surface area contributed by atoms with Crippen molar-refractivity contribution in [3.8, 4) is 0 Å². The third kappa shape index (κ3) is 2.32. The molecule has 8 heteroatoms. The molecule has 1 aliphatic heterocycles. The first-order chi connectivity index (χ1) is 9.88. The smallest absolute Gasteiger partial charge is 0.335 e. The van der Waals surface area contributed by atoms with Crippen molar-refractivity contribution >= 4 is 16.0 Å². The molecule has 0 amide bonds. The summed E-state index contributed by atoms with van der Waals surface area (Å²) in [5.74, 6) is -0.498. The number of carboxylic acids is 1. The van der Waals surface area contributed by atoms with E-state index < -0.39 is 16.0 Å². The Morgan fingerprint density at radius 2 is 2.05 bits per heavy atom. The Kier molecular flexibility index (Phi) is 3.07. The molecule has 1 aromatic carbocycles. The number of fused-ring (bicyclic) bond motifs is 1. The van der Waals surface area contributed by atoms with Crippen molar-refractivity contribution in [3.05, 3.63) is 46.9 Å². The Morgan fingerprint density at radius 3 is 2.67 bits per heavy atom. The standard InChI is InChI=1S/C13H13N3O4S/c1-8-14-5-12(15-8)21(19,20)16-6-10-3-2-9(13(17)18)4-11(10)7-16/h2-5H,6-7H2,1H3,(H,14,15)(H,17,18). The van der Waals surface area contributed by atoms with Gasteiger partial charge in [-0.3, -0.25) is 0 Å². The summed E-state index contributed by atoms with van der Waals surface area (Å²) in [7, 11) is -3.65.